The summed E-state index contributed by atoms with van der Waals surface area (Å²) in [5.41, 5.74) is -1.74. The molecule has 0 spiro atoms. The fourth-order valence-electron chi connectivity index (χ4n) is 2.77. The van der Waals surface area contributed by atoms with Crippen LogP contribution in [0.25, 0.3) is 5.69 Å². The second-order valence-electron chi connectivity index (χ2n) is 5.89. The molecule has 0 fully saturated rings. The lowest BCUT2D eigenvalue weighted by Gasteiger charge is -2.15. The quantitative estimate of drug-likeness (QED) is 0.630. The highest BCUT2D eigenvalue weighted by atomic mass is 35.5. The van der Waals surface area contributed by atoms with E-state index >= 15 is 0 Å². The third-order valence-electron chi connectivity index (χ3n) is 4.09. The lowest BCUT2D eigenvalue weighted by atomic mass is 10.2. The molecule has 1 atom stereocenters. The highest BCUT2D eigenvalue weighted by molar-refractivity contribution is 7.91. The minimum absolute atomic E-state index is 0.0971. The topological polar surface area (TPSA) is 99.9 Å². The van der Waals surface area contributed by atoms with Crippen molar-refractivity contribution >= 4 is 34.4 Å². The van der Waals surface area contributed by atoms with Crippen LogP contribution in [0.2, 0.25) is 10.0 Å². The van der Waals surface area contributed by atoms with Gasteiger partial charge in [-0.3, -0.25) is 4.98 Å². The maximum Gasteiger partial charge on any atom is 0.340 e. The first-order valence-corrected chi connectivity index (χ1v) is 10.1. The Kier molecular flexibility index (Phi) is 5.85. The highest BCUT2D eigenvalue weighted by Gasteiger charge is 2.23. The van der Waals surface area contributed by atoms with Gasteiger partial charge in [-0.25, -0.2) is 23.5 Å². The van der Waals surface area contributed by atoms with Crippen molar-refractivity contribution in [3.05, 3.63) is 83.5 Å². The number of rotatable bonds is 4. The number of aromatic nitrogens is 3. The smallest absolute Gasteiger partial charge is 0.340 e. The summed E-state index contributed by atoms with van der Waals surface area (Å²) in [6.07, 6.45) is 0. The summed E-state index contributed by atoms with van der Waals surface area (Å²) in [6, 6.07) is 9.41. The molecule has 0 radical (unpaired) electrons. The van der Waals surface area contributed by atoms with Gasteiger partial charge in [-0.05, 0) is 50.2 Å². The number of nitrogens with one attached hydrogen (secondary N) is 1. The Bertz CT molecular complexity index is 1190. The van der Waals surface area contributed by atoms with Gasteiger partial charge in [0.05, 0.1) is 10.7 Å². The Labute approximate surface area is 172 Å². The van der Waals surface area contributed by atoms with Crippen molar-refractivity contribution in [1.82, 2.24) is 14.1 Å². The van der Waals surface area contributed by atoms with E-state index in [9.17, 15) is 18.9 Å². The summed E-state index contributed by atoms with van der Waals surface area (Å²) < 4.78 is 14.6. The van der Waals surface area contributed by atoms with Gasteiger partial charge in [0.1, 0.15) is 0 Å². The minimum atomic E-state index is -1.58. The molecular weight excluding hydrogens is 425 g/mol. The third-order valence-corrected chi connectivity index (χ3v) is 6.36. The van der Waals surface area contributed by atoms with E-state index in [1.807, 2.05) is 0 Å². The second-order valence-corrected chi connectivity index (χ2v) is 8.15. The predicted octanol–water partition coefficient (Wildman–Crippen LogP) is 2.49. The van der Waals surface area contributed by atoms with Crippen LogP contribution in [0.1, 0.15) is 12.5 Å². The van der Waals surface area contributed by atoms with Crippen LogP contribution in [0.5, 0.6) is 0 Å². The molecule has 1 heterocycles. The van der Waals surface area contributed by atoms with Crippen molar-refractivity contribution < 1.29 is 4.55 Å². The van der Waals surface area contributed by atoms with Gasteiger partial charge in [0.25, 0.3) is 0 Å². The molecule has 0 bridgehead atoms. The zero-order chi connectivity index (χ0) is 20.6. The molecule has 3 aromatic rings. The van der Waals surface area contributed by atoms with Crippen LogP contribution < -0.4 is 17.1 Å². The molecule has 2 aromatic carbocycles. The Morgan fingerprint density at radius 1 is 1.07 bits per heavy atom. The number of nitrogens with zero attached hydrogens (tertiary/aromatic N) is 2. The first kappa shape index (κ1) is 20.5. The largest absolute Gasteiger partial charge is 0.606 e. The van der Waals surface area contributed by atoms with Crippen LogP contribution in [-0.4, -0.2) is 18.7 Å². The molecule has 0 aliphatic rings. The summed E-state index contributed by atoms with van der Waals surface area (Å²) >= 11 is 10.6. The summed E-state index contributed by atoms with van der Waals surface area (Å²) in [7, 11) is 0. The van der Waals surface area contributed by atoms with Crippen LogP contribution in [0.15, 0.2) is 60.6 Å². The fourth-order valence-corrected chi connectivity index (χ4v) is 4.57. The monoisotopic (exact) mass is 439 g/mol. The maximum absolute atomic E-state index is 12.9. The van der Waals surface area contributed by atoms with Crippen LogP contribution in [0.4, 0.5) is 0 Å². The molecule has 0 saturated carbocycles. The molecule has 0 aliphatic heterocycles. The van der Waals surface area contributed by atoms with Crippen LogP contribution >= 0.6 is 23.2 Å². The number of hydrogen-bond acceptors (Lipinski definition) is 4. The van der Waals surface area contributed by atoms with Gasteiger partial charge >= 0.3 is 17.1 Å². The number of aryl methyl sites for hydroxylation is 1. The lowest BCUT2D eigenvalue weighted by Crippen LogP contribution is -2.48. The first-order valence-electron chi connectivity index (χ1n) is 8.18. The van der Waals surface area contributed by atoms with Gasteiger partial charge in [-0.1, -0.05) is 23.2 Å². The number of aromatic amines is 1. The van der Waals surface area contributed by atoms with Gasteiger partial charge in [-0.15, -0.1) is 0 Å². The van der Waals surface area contributed by atoms with Crippen molar-refractivity contribution in [3.8, 4) is 5.69 Å². The zero-order valence-corrected chi connectivity index (χ0v) is 17.2. The van der Waals surface area contributed by atoms with E-state index in [0.29, 0.717) is 20.4 Å². The standard InChI is InChI=1S/C18H15Cl2N3O4S/c1-3-22-16(24)21-17(25)23(18(22)26)12-8-10(2)15(14(20)9-12)28(27)13-6-4-11(19)5-7-13/h4-9H,3H2,1-2H3,(H,21,24,25). The average Bonchev–Trinajstić information content (AvgIpc) is 2.61. The number of H-pyrrole nitrogens is 1. The summed E-state index contributed by atoms with van der Waals surface area (Å²) in [6.45, 7) is 3.38. The van der Waals surface area contributed by atoms with Gasteiger partial charge < -0.3 is 4.55 Å². The lowest BCUT2D eigenvalue weighted by molar-refractivity contribution is 0.593. The Morgan fingerprint density at radius 2 is 1.71 bits per heavy atom. The number of halogens is 2. The number of benzene rings is 2. The maximum atomic E-state index is 12.9. The van der Waals surface area contributed by atoms with Crippen LogP contribution in [-0.2, 0) is 17.7 Å². The molecule has 0 aliphatic carbocycles. The van der Waals surface area contributed by atoms with Crippen LogP contribution in [0.3, 0.4) is 0 Å². The number of hydrogen-bond donors (Lipinski definition) is 1. The molecule has 146 valence electrons. The van der Waals surface area contributed by atoms with Crippen molar-refractivity contribution in [3.63, 3.8) is 0 Å². The van der Waals surface area contributed by atoms with Gasteiger partial charge in [0.15, 0.2) is 9.79 Å². The molecule has 1 aromatic heterocycles. The van der Waals surface area contributed by atoms with Gasteiger partial charge in [0.2, 0.25) is 0 Å². The molecule has 0 amide bonds. The zero-order valence-electron chi connectivity index (χ0n) is 14.9. The van der Waals surface area contributed by atoms with Crippen molar-refractivity contribution in [1.29, 1.82) is 0 Å². The Hall–Kier alpha value is -2.26. The molecule has 28 heavy (non-hydrogen) atoms. The predicted molar refractivity (Wildman–Crippen MR) is 108 cm³/mol. The molecule has 7 nitrogen and oxygen atoms in total. The van der Waals surface area contributed by atoms with Gasteiger partial charge in [-0.2, -0.15) is 0 Å². The van der Waals surface area contributed by atoms with Crippen LogP contribution in [0, 0.1) is 6.92 Å². The van der Waals surface area contributed by atoms with E-state index in [-0.39, 0.29) is 17.3 Å². The average molecular weight is 440 g/mol. The fraction of sp³-hybridized carbons (Fsp3) is 0.167. The Balaban J connectivity index is 2.16. The van der Waals surface area contributed by atoms with Crippen molar-refractivity contribution in [2.75, 3.05) is 0 Å². The SMILES string of the molecule is CCn1c(=O)[nH]c(=O)n(-c2cc(C)c([S+]([O-])c3ccc(Cl)cc3)c(Cl)c2)c1=O. The molecular formula is C18H15Cl2N3O4S. The minimum Gasteiger partial charge on any atom is -0.606 e. The van der Waals surface area contributed by atoms with E-state index < -0.39 is 28.2 Å². The summed E-state index contributed by atoms with van der Waals surface area (Å²) in [5.74, 6) is 0. The van der Waals surface area contributed by atoms with E-state index in [0.717, 1.165) is 9.13 Å². The molecule has 1 unspecified atom stereocenters. The van der Waals surface area contributed by atoms with E-state index in [1.54, 1.807) is 38.1 Å². The van der Waals surface area contributed by atoms with E-state index in [4.69, 9.17) is 23.2 Å². The third kappa shape index (κ3) is 3.68. The molecule has 3 rings (SSSR count). The van der Waals surface area contributed by atoms with Gasteiger partial charge in [0, 0.05) is 28.3 Å². The van der Waals surface area contributed by atoms with E-state index in [1.165, 1.54) is 12.1 Å². The molecule has 1 N–H and O–H groups in total. The van der Waals surface area contributed by atoms with Crippen molar-refractivity contribution in [2.24, 2.45) is 0 Å². The molecule has 10 heteroatoms. The van der Waals surface area contributed by atoms with Crippen molar-refractivity contribution in [2.45, 2.75) is 30.2 Å². The summed E-state index contributed by atoms with van der Waals surface area (Å²) in [5, 5.41) is 0.646. The Morgan fingerprint density at radius 3 is 2.29 bits per heavy atom. The second kappa shape index (κ2) is 8.00. The highest BCUT2D eigenvalue weighted by Crippen LogP contribution is 2.32. The van der Waals surface area contributed by atoms with E-state index in [2.05, 4.69) is 4.98 Å². The molecule has 0 saturated heterocycles. The normalized spacial score (nSPS) is 12.2. The first-order chi connectivity index (χ1) is 13.2. The summed E-state index contributed by atoms with van der Waals surface area (Å²) in [4.78, 5) is 39.5.